The molecular formula is C13H22N2O2. The van der Waals surface area contributed by atoms with Gasteiger partial charge in [-0.25, -0.2) is 0 Å². The largest absolute Gasteiger partial charge is 0.457 e. The number of carbonyl (C=O) groups excluding carboxylic acids is 1. The van der Waals surface area contributed by atoms with E-state index in [4.69, 9.17) is 4.42 Å². The second kappa shape index (κ2) is 6.57. The third-order valence-electron chi connectivity index (χ3n) is 2.82. The molecular weight excluding hydrogens is 216 g/mol. The molecule has 4 nitrogen and oxygen atoms in total. The zero-order valence-electron chi connectivity index (χ0n) is 11.1. The van der Waals surface area contributed by atoms with Gasteiger partial charge in [-0.05, 0) is 39.7 Å². The summed E-state index contributed by atoms with van der Waals surface area (Å²) in [4.78, 5) is 15.0. The van der Waals surface area contributed by atoms with Crippen molar-refractivity contribution in [2.24, 2.45) is 0 Å². The number of hydrogen-bond acceptors (Lipinski definition) is 4. The molecule has 96 valence electrons. The Balaban J connectivity index is 2.59. The maximum atomic E-state index is 10.5. The summed E-state index contributed by atoms with van der Waals surface area (Å²) in [6.45, 7) is 7.06. The van der Waals surface area contributed by atoms with Crippen LogP contribution in [0.15, 0.2) is 16.5 Å². The van der Waals surface area contributed by atoms with E-state index in [0.29, 0.717) is 11.8 Å². The molecule has 0 fully saturated rings. The Morgan fingerprint density at radius 3 is 2.59 bits per heavy atom. The van der Waals surface area contributed by atoms with Gasteiger partial charge in [0, 0.05) is 12.6 Å². The lowest BCUT2D eigenvalue weighted by atomic mass is 10.2. The lowest BCUT2D eigenvalue weighted by molar-refractivity contribution is 0.109. The lowest BCUT2D eigenvalue weighted by Crippen LogP contribution is -2.39. The van der Waals surface area contributed by atoms with E-state index in [1.54, 1.807) is 6.07 Å². The number of nitrogens with zero attached hydrogens (tertiary/aromatic N) is 2. The van der Waals surface area contributed by atoms with Crippen molar-refractivity contribution in [2.45, 2.75) is 26.4 Å². The molecule has 0 aromatic carbocycles. The van der Waals surface area contributed by atoms with E-state index >= 15 is 0 Å². The summed E-state index contributed by atoms with van der Waals surface area (Å²) in [6.07, 6.45) is 0.739. The van der Waals surface area contributed by atoms with Gasteiger partial charge in [0.15, 0.2) is 12.0 Å². The van der Waals surface area contributed by atoms with Crippen molar-refractivity contribution in [3.8, 4) is 0 Å². The van der Waals surface area contributed by atoms with Crippen LogP contribution in [-0.2, 0) is 6.54 Å². The highest BCUT2D eigenvalue weighted by Gasteiger charge is 2.14. The number of likely N-dealkylation sites (N-methyl/N-ethyl adjacent to an activating group) is 2. The molecule has 0 spiro atoms. The molecule has 0 radical (unpaired) electrons. The smallest absolute Gasteiger partial charge is 0.185 e. The number of furan rings is 1. The standard InChI is InChI=1S/C13H22N2O2/c1-5-15(11(2)8-14(3)4)9-12-6-7-13(10-16)17-12/h6-7,10-11H,5,8-9H2,1-4H3. The molecule has 0 amide bonds. The Morgan fingerprint density at radius 2 is 2.12 bits per heavy atom. The summed E-state index contributed by atoms with van der Waals surface area (Å²) in [6, 6.07) is 4.04. The van der Waals surface area contributed by atoms with Crippen molar-refractivity contribution in [1.29, 1.82) is 0 Å². The van der Waals surface area contributed by atoms with Gasteiger partial charge in [-0.15, -0.1) is 0 Å². The summed E-state index contributed by atoms with van der Waals surface area (Å²) in [7, 11) is 4.14. The Bertz CT molecular complexity index is 347. The molecule has 0 N–H and O–H groups in total. The number of aldehydes is 1. The zero-order valence-corrected chi connectivity index (χ0v) is 11.1. The van der Waals surface area contributed by atoms with Crippen molar-refractivity contribution in [2.75, 3.05) is 27.2 Å². The van der Waals surface area contributed by atoms with Crippen LogP contribution in [0.1, 0.15) is 30.2 Å². The first-order valence-electron chi connectivity index (χ1n) is 5.99. The number of rotatable bonds is 7. The molecule has 0 saturated carbocycles. The molecule has 0 bridgehead atoms. The molecule has 1 atom stereocenters. The Labute approximate surface area is 103 Å². The summed E-state index contributed by atoms with van der Waals surface area (Å²) in [5.74, 6) is 1.25. The van der Waals surface area contributed by atoms with Crippen molar-refractivity contribution < 1.29 is 9.21 Å². The quantitative estimate of drug-likeness (QED) is 0.679. The highest BCUT2D eigenvalue weighted by Crippen LogP contribution is 2.11. The Kier molecular flexibility index (Phi) is 5.38. The SMILES string of the molecule is CCN(Cc1ccc(C=O)o1)C(C)CN(C)C. The fourth-order valence-electron chi connectivity index (χ4n) is 1.97. The average molecular weight is 238 g/mol. The van der Waals surface area contributed by atoms with Gasteiger partial charge in [0.2, 0.25) is 0 Å². The third kappa shape index (κ3) is 4.32. The molecule has 1 heterocycles. The Hall–Kier alpha value is -1.13. The zero-order chi connectivity index (χ0) is 12.8. The van der Waals surface area contributed by atoms with Gasteiger partial charge < -0.3 is 9.32 Å². The van der Waals surface area contributed by atoms with Crippen molar-refractivity contribution >= 4 is 6.29 Å². The molecule has 17 heavy (non-hydrogen) atoms. The van der Waals surface area contributed by atoms with Gasteiger partial charge in [-0.3, -0.25) is 9.69 Å². The van der Waals surface area contributed by atoms with E-state index in [0.717, 1.165) is 31.7 Å². The first-order valence-corrected chi connectivity index (χ1v) is 5.99. The van der Waals surface area contributed by atoms with Gasteiger partial charge in [-0.1, -0.05) is 6.92 Å². The minimum Gasteiger partial charge on any atom is -0.457 e. The van der Waals surface area contributed by atoms with Crippen molar-refractivity contribution in [3.05, 3.63) is 23.7 Å². The summed E-state index contributed by atoms with van der Waals surface area (Å²) < 4.78 is 5.40. The monoisotopic (exact) mass is 238 g/mol. The van der Waals surface area contributed by atoms with Gasteiger partial charge in [0.25, 0.3) is 0 Å². The second-order valence-electron chi connectivity index (χ2n) is 4.60. The number of hydrogen-bond donors (Lipinski definition) is 0. The minimum atomic E-state index is 0.399. The first-order chi connectivity index (χ1) is 8.06. The third-order valence-corrected chi connectivity index (χ3v) is 2.82. The molecule has 0 aliphatic heterocycles. The van der Waals surface area contributed by atoms with Crippen LogP contribution in [-0.4, -0.2) is 49.3 Å². The van der Waals surface area contributed by atoms with Crippen LogP contribution < -0.4 is 0 Å². The minimum absolute atomic E-state index is 0.399. The molecule has 1 aromatic heterocycles. The van der Waals surface area contributed by atoms with Gasteiger partial charge in [0.1, 0.15) is 5.76 Å². The second-order valence-corrected chi connectivity index (χ2v) is 4.60. The topological polar surface area (TPSA) is 36.7 Å². The van der Waals surface area contributed by atoms with Crippen LogP contribution in [0.4, 0.5) is 0 Å². The maximum Gasteiger partial charge on any atom is 0.185 e. The van der Waals surface area contributed by atoms with Crippen LogP contribution in [0.2, 0.25) is 0 Å². The van der Waals surface area contributed by atoms with Crippen LogP contribution in [0.5, 0.6) is 0 Å². The Morgan fingerprint density at radius 1 is 1.41 bits per heavy atom. The molecule has 0 aliphatic carbocycles. The predicted octanol–water partition coefficient (Wildman–Crippen LogP) is 1.86. The van der Waals surface area contributed by atoms with Gasteiger partial charge in [-0.2, -0.15) is 0 Å². The van der Waals surface area contributed by atoms with Crippen LogP contribution in [0.3, 0.4) is 0 Å². The molecule has 0 saturated heterocycles. The van der Waals surface area contributed by atoms with E-state index in [1.165, 1.54) is 0 Å². The normalized spacial score (nSPS) is 13.3. The fraction of sp³-hybridized carbons (Fsp3) is 0.615. The molecule has 1 unspecified atom stereocenters. The van der Waals surface area contributed by atoms with E-state index in [9.17, 15) is 4.79 Å². The summed E-state index contributed by atoms with van der Waals surface area (Å²) in [5, 5.41) is 0. The van der Waals surface area contributed by atoms with E-state index in [1.807, 2.05) is 6.07 Å². The highest BCUT2D eigenvalue weighted by molar-refractivity contribution is 5.70. The van der Waals surface area contributed by atoms with Crippen LogP contribution in [0.25, 0.3) is 0 Å². The molecule has 4 heteroatoms. The molecule has 1 aromatic rings. The maximum absolute atomic E-state index is 10.5. The van der Waals surface area contributed by atoms with E-state index < -0.39 is 0 Å². The van der Waals surface area contributed by atoms with Crippen LogP contribution >= 0.6 is 0 Å². The highest BCUT2D eigenvalue weighted by atomic mass is 16.3. The van der Waals surface area contributed by atoms with E-state index in [2.05, 4.69) is 37.7 Å². The van der Waals surface area contributed by atoms with Crippen LogP contribution in [0, 0.1) is 0 Å². The van der Waals surface area contributed by atoms with E-state index in [-0.39, 0.29) is 0 Å². The predicted molar refractivity (Wildman–Crippen MR) is 68.2 cm³/mol. The molecule has 0 aliphatic rings. The van der Waals surface area contributed by atoms with Crippen molar-refractivity contribution in [1.82, 2.24) is 9.80 Å². The number of carbonyl (C=O) groups is 1. The fourth-order valence-corrected chi connectivity index (χ4v) is 1.97. The average Bonchev–Trinajstić information content (AvgIpc) is 2.72. The van der Waals surface area contributed by atoms with Crippen molar-refractivity contribution in [3.63, 3.8) is 0 Å². The lowest BCUT2D eigenvalue weighted by Gasteiger charge is -2.29. The first kappa shape index (κ1) is 13.9. The van der Waals surface area contributed by atoms with Gasteiger partial charge in [0.05, 0.1) is 6.54 Å². The van der Waals surface area contributed by atoms with Gasteiger partial charge >= 0.3 is 0 Å². The summed E-state index contributed by atoms with van der Waals surface area (Å²) in [5.41, 5.74) is 0. The molecule has 1 rings (SSSR count). The summed E-state index contributed by atoms with van der Waals surface area (Å²) >= 11 is 0.